The lowest BCUT2D eigenvalue weighted by atomic mass is 9.83. The molecule has 0 aliphatic heterocycles. The number of aliphatic hydroxyl groups is 1. The van der Waals surface area contributed by atoms with Crippen molar-refractivity contribution in [2.45, 2.75) is 58.5 Å². The Morgan fingerprint density at radius 2 is 2.08 bits per heavy atom. The molecule has 0 aromatic carbocycles. The van der Waals surface area contributed by atoms with Gasteiger partial charge in [0.25, 0.3) is 0 Å². The summed E-state index contributed by atoms with van der Waals surface area (Å²) in [4.78, 5) is 4.60. The highest BCUT2D eigenvalue weighted by Gasteiger charge is 2.32. The fourth-order valence-corrected chi connectivity index (χ4v) is 3.42. The van der Waals surface area contributed by atoms with Gasteiger partial charge in [-0.05, 0) is 38.5 Å². The van der Waals surface area contributed by atoms with E-state index >= 15 is 0 Å². The van der Waals surface area contributed by atoms with E-state index in [1.165, 1.54) is 32.1 Å². The summed E-state index contributed by atoms with van der Waals surface area (Å²) < 4.78 is 1.70. The van der Waals surface area contributed by atoms with Gasteiger partial charge < -0.3 is 15.7 Å². The molecule has 0 radical (unpaired) electrons. The minimum absolute atomic E-state index is 0.299. The molecule has 1 aromatic rings. The summed E-state index contributed by atoms with van der Waals surface area (Å²) in [6.07, 6.45) is 9.98. The molecule has 3 N–H and O–H groups in total. The molecule has 136 valence electrons. The van der Waals surface area contributed by atoms with Crippen LogP contribution < -0.4 is 10.6 Å². The van der Waals surface area contributed by atoms with E-state index in [1.54, 1.807) is 17.8 Å². The van der Waals surface area contributed by atoms with Crippen molar-refractivity contribution in [2.24, 2.45) is 17.5 Å². The lowest BCUT2D eigenvalue weighted by Crippen LogP contribution is -2.43. The number of aryl methyl sites for hydroxylation is 1. The van der Waals surface area contributed by atoms with Crippen LogP contribution in [0.3, 0.4) is 0 Å². The quantitative estimate of drug-likeness (QED) is 0.527. The summed E-state index contributed by atoms with van der Waals surface area (Å²) in [5, 5.41) is 21.6. The van der Waals surface area contributed by atoms with Crippen LogP contribution in [0.25, 0.3) is 0 Å². The van der Waals surface area contributed by atoms with Crippen LogP contribution in [0.4, 0.5) is 0 Å². The zero-order valence-electron chi connectivity index (χ0n) is 15.6. The van der Waals surface area contributed by atoms with Gasteiger partial charge in [0.05, 0.1) is 12.7 Å². The Morgan fingerprint density at radius 3 is 2.62 bits per heavy atom. The summed E-state index contributed by atoms with van der Waals surface area (Å²) >= 11 is 0. The van der Waals surface area contributed by atoms with E-state index in [1.807, 2.05) is 13.2 Å². The van der Waals surface area contributed by atoms with Crippen LogP contribution >= 0.6 is 0 Å². The van der Waals surface area contributed by atoms with Crippen LogP contribution in [-0.2, 0) is 12.6 Å². The van der Waals surface area contributed by atoms with E-state index < -0.39 is 5.60 Å². The molecule has 0 bridgehead atoms. The van der Waals surface area contributed by atoms with Crippen LogP contribution in [-0.4, -0.2) is 40.5 Å². The maximum absolute atomic E-state index is 10.7. The molecule has 0 amide bonds. The maximum atomic E-state index is 10.7. The SMILES string of the molecule is CCNC(=NCC(C)(O)c1cnn(C)c1)NCC1(CC)CCCC1. The highest BCUT2D eigenvalue weighted by molar-refractivity contribution is 5.79. The average molecular weight is 335 g/mol. The van der Waals surface area contributed by atoms with E-state index in [-0.39, 0.29) is 0 Å². The molecular formula is C18H33N5O. The van der Waals surface area contributed by atoms with Crippen molar-refractivity contribution in [3.8, 4) is 0 Å². The van der Waals surface area contributed by atoms with E-state index in [0.717, 1.165) is 24.6 Å². The Labute approximate surface area is 145 Å². The molecule has 6 nitrogen and oxygen atoms in total. The normalized spacial score (nSPS) is 20.0. The molecule has 1 unspecified atom stereocenters. The summed E-state index contributed by atoms with van der Waals surface area (Å²) in [6.45, 7) is 8.17. The predicted octanol–water partition coefficient (Wildman–Crippen LogP) is 2.15. The third-order valence-corrected chi connectivity index (χ3v) is 5.26. The van der Waals surface area contributed by atoms with E-state index in [2.05, 4.69) is 34.6 Å². The molecule has 1 saturated carbocycles. The zero-order valence-corrected chi connectivity index (χ0v) is 15.6. The fraction of sp³-hybridized carbons (Fsp3) is 0.778. The first kappa shape index (κ1) is 18.8. The van der Waals surface area contributed by atoms with Crippen molar-refractivity contribution >= 4 is 5.96 Å². The number of hydrogen-bond acceptors (Lipinski definition) is 3. The zero-order chi connectivity index (χ0) is 17.6. The number of aliphatic imine (C=N–C) groups is 1. The number of hydrogen-bond donors (Lipinski definition) is 3. The van der Waals surface area contributed by atoms with E-state index in [9.17, 15) is 5.11 Å². The molecule has 1 aliphatic rings. The van der Waals surface area contributed by atoms with Gasteiger partial charge in [-0.15, -0.1) is 0 Å². The Kier molecular flexibility index (Phi) is 6.27. The van der Waals surface area contributed by atoms with Crippen LogP contribution in [0.15, 0.2) is 17.4 Å². The lowest BCUT2D eigenvalue weighted by molar-refractivity contribution is 0.0671. The molecule has 1 atom stereocenters. The molecule has 1 aromatic heterocycles. The molecule has 2 rings (SSSR count). The van der Waals surface area contributed by atoms with Crippen molar-refractivity contribution in [1.29, 1.82) is 0 Å². The van der Waals surface area contributed by atoms with Gasteiger partial charge in [0.2, 0.25) is 0 Å². The molecule has 1 heterocycles. The Hall–Kier alpha value is -1.56. The minimum atomic E-state index is -1.02. The Morgan fingerprint density at radius 1 is 1.38 bits per heavy atom. The van der Waals surface area contributed by atoms with Crippen molar-refractivity contribution < 1.29 is 5.11 Å². The molecule has 0 saturated heterocycles. The molecule has 1 aliphatic carbocycles. The second-order valence-electron chi connectivity index (χ2n) is 7.29. The second kappa shape index (κ2) is 8.01. The molecule has 1 fully saturated rings. The molecule has 6 heteroatoms. The van der Waals surface area contributed by atoms with Gasteiger partial charge in [0, 0.05) is 31.9 Å². The lowest BCUT2D eigenvalue weighted by Gasteiger charge is -2.29. The summed E-state index contributed by atoms with van der Waals surface area (Å²) in [5.41, 5.74) is 0.166. The first-order valence-electron chi connectivity index (χ1n) is 9.14. The fourth-order valence-electron chi connectivity index (χ4n) is 3.42. The Bertz CT molecular complexity index is 543. The highest BCUT2D eigenvalue weighted by Crippen LogP contribution is 2.40. The molecule has 24 heavy (non-hydrogen) atoms. The Balaban J connectivity index is 1.99. The van der Waals surface area contributed by atoms with Crippen LogP contribution in [0, 0.1) is 5.41 Å². The van der Waals surface area contributed by atoms with Crippen LogP contribution in [0.2, 0.25) is 0 Å². The minimum Gasteiger partial charge on any atom is -0.383 e. The first-order chi connectivity index (χ1) is 11.4. The van der Waals surface area contributed by atoms with E-state index in [4.69, 9.17) is 0 Å². The molecule has 0 spiro atoms. The monoisotopic (exact) mass is 335 g/mol. The van der Waals surface area contributed by atoms with Gasteiger partial charge >= 0.3 is 0 Å². The summed E-state index contributed by atoms with van der Waals surface area (Å²) in [7, 11) is 1.85. The van der Waals surface area contributed by atoms with Gasteiger partial charge in [0.1, 0.15) is 5.60 Å². The van der Waals surface area contributed by atoms with Crippen molar-refractivity contribution in [3.63, 3.8) is 0 Å². The predicted molar refractivity (Wildman–Crippen MR) is 98.0 cm³/mol. The highest BCUT2D eigenvalue weighted by atomic mass is 16.3. The third-order valence-electron chi connectivity index (χ3n) is 5.26. The van der Waals surface area contributed by atoms with Crippen molar-refractivity contribution in [2.75, 3.05) is 19.6 Å². The number of rotatable bonds is 7. The smallest absolute Gasteiger partial charge is 0.191 e. The first-order valence-corrected chi connectivity index (χ1v) is 9.14. The number of guanidine groups is 1. The summed E-state index contributed by atoms with van der Waals surface area (Å²) in [6, 6.07) is 0. The van der Waals surface area contributed by atoms with Crippen LogP contribution in [0.5, 0.6) is 0 Å². The maximum Gasteiger partial charge on any atom is 0.191 e. The number of nitrogens with zero attached hydrogens (tertiary/aromatic N) is 3. The van der Waals surface area contributed by atoms with Gasteiger partial charge in [-0.1, -0.05) is 19.8 Å². The van der Waals surface area contributed by atoms with Gasteiger partial charge in [-0.3, -0.25) is 4.68 Å². The number of aromatic nitrogens is 2. The van der Waals surface area contributed by atoms with Gasteiger partial charge in [-0.2, -0.15) is 5.10 Å². The van der Waals surface area contributed by atoms with Crippen molar-refractivity contribution in [3.05, 3.63) is 18.0 Å². The largest absolute Gasteiger partial charge is 0.383 e. The summed E-state index contributed by atoms with van der Waals surface area (Å²) in [5.74, 6) is 0.779. The third kappa shape index (κ3) is 4.72. The average Bonchev–Trinajstić information content (AvgIpc) is 3.20. The van der Waals surface area contributed by atoms with Crippen LogP contribution in [0.1, 0.15) is 58.4 Å². The topological polar surface area (TPSA) is 74.5 Å². The molecular weight excluding hydrogens is 302 g/mol. The number of nitrogens with one attached hydrogen (secondary N) is 2. The second-order valence-corrected chi connectivity index (χ2v) is 7.29. The van der Waals surface area contributed by atoms with Crippen molar-refractivity contribution in [1.82, 2.24) is 20.4 Å². The van der Waals surface area contributed by atoms with Gasteiger partial charge in [-0.25, -0.2) is 4.99 Å². The standard InChI is InChI=1S/C18H33N5O/c1-5-18(9-7-8-10-18)14-21-16(19-6-2)20-13-17(3,24)15-11-22-23(4)12-15/h11-12,24H,5-10,13-14H2,1-4H3,(H2,19,20,21). The van der Waals surface area contributed by atoms with Gasteiger partial charge in [0.15, 0.2) is 5.96 Å². The van der Waals surface area contributed by atoms with E-state index in [0.29, 0.717) is 12.0 Å².